The highest BCUT2D eigenvalue weighted by molar-refractivity contribution is 5.33. The molecule has 0 N–H and O–H groups in total. The average Bonchev–Trinajstić information content (AvgIpc) is 2.81. The Labute approximate surface area is 190 Å². The second-order valence-electron chi connectivity index (χ2n) is 10.2. The van der Waals surface area contributed by atoms with Gasteiger partial charge >= 0.3 is 0 Å². The molecule has 0 aliphatic heterocycles. The largest absolute Gasteiger partial charge is 0.206 e. The van der Waals surface area contributed by atoms with E-state index in [0.717, 1.165) is 36.2 Å². The van der Waals surface area contributed by atoms with Gasteiger partial charge in [0.15, 0.2) is 0 Å². The Kier molecular flexibility index (Phi) is 10.1. The highest BCUT2D eigenvalue weighted by Gasteiger charge is 2.22. The highest BCUT2D eigenvalue weighted by atomic mass is 19.1. The lowest BCUT2D eigenvalue weighted by molar-refractivity contribution is 0.234. The molecule has 2 heteroatoms. The van der Waals surface area contributed by atoms with Crippen molar-refractivity contribution in [2.45, 2.75) is 110 Å². The lowest BCUT2D eigenvalue weighted by atomic mass is 9.76. The summed E-state index contributed by atoms with van der Waals surface area (Å²) in [4.78, 5) is 0. The number of allylic oxidation sites excluding steroid dienone is 2. The van der Waals surface area contributed by atoms with E-state index < -0.39 is 0 Å². The highest BCUT2D eigenvalue weighted by Crippen LogP contribution is 2.37. The van der Waals surface area contributed by atoms with Crippen molar-refractivity contribution >= 4 is 0 Å². The molecule has 0 radical (unpaired) electrons. The zero-order valence-corrected chi connectivity index (χ0v) is 19.7. The molecule has 1 aromatic carbocycles. The van der Waals surface area contributed by atoms with Crippen LogP contribution in [0.2, 0.25) is 0 Å². The molecular formula is C29H42FN. The third kappa shape index (κ3) is 8.10. The topological polar surface area (TPSA) is 23.8 Å². The van der Waals surface area contributed by atoms with E-state index >= 15 is 0 Å². The van der Waals surface area contributed by atoms with Crippen LogP contribution in [0.5, 0.6) is 0 Å². The molecule has 0 amide bonds. The Balaban J connectivity index is 1.29. The van der Waals surface area contributed by atoms with Gasteiger partial charge < -0.3 is 0 Å². The molecule has 1 fully saturated rings. The van der Waals surface area contributed by atoms with Crippen LogP contribution in [0.15, 0.2) is 29.8 Å². The molecule has 1 atom stereocenters. The smallest absolute Gasteiger partial charge is 0.141 e. The molecule has 2 aliphatic rings. The average molecular weight is 424 g/mol. The fourth-order valence-electron chi connectivity index (χ4n) is 5.68. The van der Waals surface area contributed by atoms with Gasteiger partial charge in [0, 0.05) is 0 Å². The fraction of sp³-hybridized carbons (Fsp3) is 0.690. The predicted octanol–water partition coefficient (Wildman–Crippen LogP) is 8.91. The van der Waals surface area contributed by atoms with Crippen molar-refractivity contribution in [3.63, 3.8) is 0 Å². The molecule has 2 aliphatic carbocycles. The minimum absolute atomic E-state index is 0.143. The van der Waals surface area contributed by atoms with Gasteiger partial charge in [-0.3, -0.25) is 0 Å². The number of hydrogen-bond acceptors (Lipinski definition) is 1. The minimum atomic E-state index is -0.386. The van der Waals surface area contributed by atoms with Crippen molar-refractivity contribution in [3.8, 4) is 6.07 Å². The Morgan fingerprint density at radius 2 is 1.65 bits per heavy atom. The molecule has 1 aromatic rings. The lowest BCUT2D eigenvalue weighted by Gasteiger charge is -2.30. The Morgan fingerprint density at radius 3 is 2.29 bits per heavy atom. The molecule has 0 spiro atoms. The molecule has 1 nitrogen and oxygen atoms in total. The first-order chi connectivity index (χ1) is 15.2. The second kappa shape index (κ2) is 13.0. The summed E-state index contributed by atoms with van der Waals surface area (Å²) in [5, 5.41) is 8.85. The number of halogens is 1. The molecule has 0 aromatic heterocycles. The van der Waals surface area contributed by atoms with Crippen LogP contribution < -0.4 is 0 Å². The summed E-state index contributed by atoms with van der Waals surface area (Å²) in [6.07, 6.45) is 24.1. The van der Waals surface area contributed by atoms with Gasteiger partial charge in [0.2, 0.25) is 0 Å². The molecule has 3 rings (SSSR count). The maximum Gasteiger partial charge on any atom is 0.141 e. The Hall–Kier alpha value is -1.62. The first-order valence-electron chi connectivity index (χ1n) is 13.0. The van der Waals surface area contributed by atoms with Crippen molar-refractivity contribution in [3.05, 3.63) is 46.8 Å². The van der Waals surface area contributed by atoms with Crippen LogP contribution in [0.25, 0.3) is 0 Å². The summed E-state index contributed by atoms with van der Waals surface area (Å²) in [6.45, 7) is 2.30. The maximum atomic E-state index is 13.8. The molecule has 170 valence electrons. The summed E-state index contributed by atoms with van der Waals surface area (Å²) in [6, 6.07) is 6.93. The summed E-state index contributed by atoms with van der Waals surface area (Å²) >= 11 is 0. The van der Waals surface area contributed by atoms with Crippen molar-refractivity contribution in [2.75, 3.05) is 0 Å². The standard InChI is InChI=1S/C29H42FN/c1-2-3-4-5-6-23-7-9-24(10-8-23)11-12-25-13-15-26(16-14-25)17-18-27-19-20-28(22-31)29(30)21-27/h15,19-21,23-25H,2-14,16-18H2,1H3. The van der Waals surface area contributed by atoms with Gasteiger partial charge in [-0.1, -0.05) is 88.8 Å². The van der Waals surface area contributed by atoms with E-state index in [1.54, 1.807) is 11.6 Å². The first-order valence-corrected chi connectivity index (χ1v) is 13.0. The van der Waals surface area contributed by atoms with Crippen LogP contribution in [-0.2, 0) is 6.42 Å². The number of hydrogen-bond donors (Lipinski definition) is 0. The third-order valence-corrected chi connectivity index (χ3v) is 7.92. The monoisotopic (exact) mass is 423 g/mol. The van der Waals surface area contributed by atoms with E-state index in [9.17, 15) is 4.39 Å². The van der Waals surface area contributed by atoms with Gasteiger partial charge in [0.1, 0.15) is 11.9 Å². The lowest BCUT2D eigenvalue weighted by Crippen LogP contribution is -2.16. The summed E-state index contributed by atoms with van der Waals surface area (Å²) in [5.41, 5.74) is 2.69. The van der Waals surface area contributed by atoms with Gasteiger partial charge in [-0.15, -0.1) is 0 Å². The van der Waals surface area contributed by atoms with E-state index in [0.29, 0.717) is 0 Å². The zero-order valence-electron chi connectivity index (χ0n) is 19.7. The summed E-state index contributed by atoms with van der Waals surface area (Å²) in [7, 11) is 0. The molecule has 1 unspecified atom stereocenters. The van der Waals surface area contributed by atoms with Gasteiger partial charge in [0.05, 0.1) is 5.56 Å². The van der Waals surface area contributed by atoms with E-state index in [-0.39, 0.29) is 11.4 Å². The predicted molar refractivity (Wildman–Crippen MR) is 128 cm³/mol. The molecule has 31 heavy (non-hydrogen) atoms. The molecule has 1 saturated carbocycles. The SMILES string of the molecule is CCCCCCC1CCC(CCC2CC=C(CCc3ccc(C#N)c(F)c3)CC2)CC1. The normalized spacial score (nSPS) is 23.9. The maximum absolute atomic E-state index is 13.8. The fourth-order valence-corrected chi connectivity index (χ4v) is 5.68. The van der Waals surface area contributed by atoms with Crippen molar-refractivity contribution in [1.82, 2.24) is 0 Å². The van der Waals surface area contributed by atoms with Gasteiger partial charge in [-0.25, -0.2) is 4.39 Å². The molecule has 0 bridgehead atoms. The van der Waals surface area contributed by atoms with Crippen LogP contribution in [0.1, 0.15) is 114 Å². The van der Waals surface area contributed by atoms with E-state index in [1.807, 2.05) is 12.1 Å². The van der Waals surface area contributed by atoms with Crippen molar-refractivity contribution in [1.29, 1.82) is 5.26 Å². The van der Waals surface area contributed by atoms with Crippen LogP contribution in [-0.4, -0.2) is 0 Å². The number of nitrogens with zero attached hydrogens (tertiary/aromatic N) is 1. The summed E-state index contributed by atoms with van der Waals surface area (Å²) in [5.74, 6) is 2.51. The zero-order chi connectivity index (χ0) is 21.9. The third-order valence-electron chi connectivity index (χ3n) is 7.92. The van der Waals surface area contributed by atoms with Crippen LogP contribution >= 0.6 is 0 Å². The molecule has 0 heterocycles. The summed E-state index contributed by atoms with van der Waals surface area (Å²) < 4.78 is 13.8. The molecular weight excluding hydrogens is 381 g/mol. The van der Waals surface area contributed by atoms with E-state index in [4.69, 9.17) is 5.26 Å². The number of rotatable bonds is 11. The van der Waals surface area contributed by atoms with E-state index in [2.05, 4.69) is 13.0 Å². The minimum Gasteiger partial charge on any atom is -0.206 e. The number of nitriles is 1. The van der Waals surface area contributed by atoms with E-state index in [1.165, 1.54) is 96.0 Å². The quantitative estimate of drug-likeness (QED) is 0.257. The van der Waals surface area contributed by atoms with Crippen LogP contribution in [0.3, 0.4) is 0 Å². The number of unbranched alkanes of at least 4 members (excludes halogenated alkanes) is 3. The Morgan fingerprint density at radius 1 is 0.903 bits per heavy atom. The molecule has 0 saturated heterocycles. The first kappa shape index (κ1) is 24.0. The Bertz CT molecular complexity index is 736. The number of aryl methyl sites for hydroxylation is 1. The van der Waals surface area contributed by atoms with Crippen LogP contribution in [0.4, 0.5) is 4.39 Å². The van der Waals surface area contributed by atoms with Gasteiger partial charge in [-0.2, -0.15) is 5.26 Å². The second-order valence-corrected chi connectivity index (χ2v) is 10.2. The van der Waals surface area contributed by atoms with Crippen molar-refractivity contribution < 1.29 is 4.39 Å². The van der Waals surface area contributed by atoms with Gasteiger partial charge in [0.25, 0.3) is 0 Å². The van der Waals surface area contributed by atoms with Crippen molar-refractivity contribution in [2.24, 2.45) is 17.8 Å². The van der Waals surface area contributed by atoms with Gasteiger partial charge in [-0.05, 0) is 74.0 Å². The number of benzene rings is 1. The van der Waals surface area contributed by atoms with Crippen LogP contribution in [0, 0.1) is 34.9 Å².